The third-order valence-electron chi connectivity index (χ3n) is 6.99. The molecule has 0 unspecified atom stereocenters. The van der Waals surface area contributed by atoms with Crippen molar-refractivity contribution in [2.24, 2.45) is 0 Å². The van der Waals surface area contributed by atoms with Crippen LogP contribution in [0.1, 0.15) is 62.4 Å². The van der Waals surface area contributed by atoms with Crippen molar-refractivity contribution >= 4 is 34.9 Å². The van der Waals surface area contributed by atoms with Crippen molar-refractivity contribution in [1.29, 1.82) is 0 Å². The minimum atomic E-state index is -0.588. The highest BCUT2D eigenvalue weighted by molar-refractivity contribution is 7.13. The van der Waals surface area contributed by atoms with E-state index < -0.39 is 11.6 Å². The summed E-state index contributed by atoms with van der Waals surface area (Å²) in [6.07, 6.45) is 6.97. The van der Waals surface area contributed by atoms with E-state index in [1.54, 1.807) is 29.8 Å². The zero-order valence-electron chi connectivity index (χ0n) is 24.6. The fourth-order valence-electron chi connectivity index (χ4n) is 5.00. The third kappa shape index (κ3) is 7.64. The van der Waals surface area contributed by atoms with Gasteiger partial charge in [-0.1, -0.05) is 24.6 Å². The zero-order valence-corrected chi connectivity index (χ0v) is 25.4. The lowest BCUT2D eigenvalue weighted by atomic mass is 9.99. The Morgan fingerprint density at radius 2 is 1.77 bits per heavy atom. The van der Waals surface area contributed by atoms with Crippen LogP contribution in [0.15, 0.2) is 72.6 Å². The van der Waals surface area contributed by atoms with E-state index in [-0.39, 0.29) is 17.6 Å². The van der Waals surface area contributed by atoms with Crippen LogP contribution in [0, 0.1) is 0 Å². The predicted octanol–water partition coefficient (Wildman–Crippen LogP) is 6.91. The van der Waals surface area contributed by atoms with Crippen LogP contribution in [0.5, 0.6) is 5.75 Å². The summed E-state index contributed by atoms with van der Waals surface area (Å²) in [6.45, 7) is 6.77. The molecule has 3 amide bonds. The number of nitrogens with one attached hydrogen (secondary N) is 2. The molecule has 43 heavy (non-hydrogen) atoms. The fraction of sp³-hybridized carbons (Fsp3) is 0.303. The van der Waals surface area contributed by atoms with Gasteiger partial charge in [0.05, 0.1) is 5.69 Å². The second-order valence-corrected chi connectivity index (χ2v) is 12.4. The number of thiophene rings is 1. The number of hydrogen-bond donors (Lipinski definition) is 2. The van der Waals surface area contributed by atoms with Gasteiger partial charge in [0.1, 0.15) is 6.33 Å². The Kier molecular flexibility index (Phi) is 9.16. The SMILES string of the molecule is CC(C)(C)NC(=O)Oc1ccc(-c2cccs2)cc1NC(=O)CCCCCN1Cc2c(cccc2-c2cncnc2)C1=O. The van der Waals surface area contributed by atoms with Gasteiger partial charge in [-0.05, 0) is 86.0 Å². The van der Waals surface area contributed by atoms with Gasteiger partial charge in [-0.15, -0.1) is 11.3 Å². The van der Waals surface area contributed by atoms with E-state index in [9.17, 15) is 14.4 Å². The van der Waals surface area contributed by atoms with Gasteiger partial charge in [0.2, 0.25) is 5.91 Å². The monoisotopic (exact) mass is 597 g/mol. The maximum Gasteiger partial charge on any atom is 0.413 e. The number of rotatable bonds is 10. The van der Waals surface area contributed by atoms with E-state index >= 15 is 0 Å². The molecule has 2 N–H and O–H groups in total. The first-order chi connectivity index (χ1) is 20.7. The summed E-state index contributed by atoms with van der Waals surface area (Å²) in [5, 5.41) is 7.70. The van der Waals surface area contributed by atoms with Crippen molar-refractivity contribution in [3.8, 4) is 27.3 Å². The van der Waals surface area contributed by atoms with Crippen molar-refractivity contribution in [1.82, 2.24) is 20.2 Å². The van der Waals surface area contributed by atoms with Crippen LogP contribution >= 0.6 is 11.3 Å². The molecule has 0 radical (unpaired) electrons. The zero-order chi connectivity index (χ0) is 30.4. The number of hydrogen-bond acceptors (Lipinski definition) is 7. The number of unbranched alkanes of at least 4 members (excludes halogenated alkanes) is 2. The molecule has 2 aromatic carbocycles. The second kappa shape index (κ2) is 13.2. The van der Waals surface area contributed by atoms with Crippen LogP contribution in [0.25, 0.3) is 21.6 Å². The smallest absolute Gasteiger partial charge is 0.408 e. The van der Waals surface area contributed by atoms with Gasteiger partial charge in [-0.25, -0.2) is 14.8 Å². The summed E-state index contributed by atoms with van der Waals surface area (Å²) in [7, 11) is 0. The Hall–Kier alpha value is -4.57. The summed E-state index contributed by atoms with van der Waals surface area (Å²) in [4.78, 5) is 49.6. The van der Waals surface area contributed by atoms with E-state index in [0.29, 0.717) is 31.6 Å². The van der Waals surface area contributed by atoms with E-state index in [4.69, 9.17) is 4.74 Å². The molecule has 1 aliphatic rings. The molecular formula is C33H35N5O4S. The van der Waals surface area contributed by atoms with Gasteiger partial charge >= 0.3 is 6.09 Å². The Balaban J connectivity index is 1.14. The molecule has 2 aromatic heterocycles. The van der Waals surface area contributed by atoms with Crippen molar-refractivity contribution < 1.29 is 19.1 Å². The number of anilines is 1. The molecule has 0 saturated heterocycles. The molecule has 0 saturated carbocycles. The molecule has 0 aliphatic carbocycles. The van der Waals surface area contributed by atoms with Crippen LogP contribution < -0.4 is 15.4 Å². The maximum atomic E-state index is 13.0. The minimum absolute atomic E-state index is 0.0279. The molecule has 5 rings (SSSR count). The van der Waals surface area contributed by atoms with E-state index in [2.05, 4.69) is 20.6 Å². The molecular weight excluding hydrogens is 562 g/mol. The summed E-state index contributed by atoms with van der Waals surface area (Å²) in [5.41, 5.74) is 4.50. The van der Waals surface area contributed by atoms with Crippen molar-refractivity contribution in [2.45, 2.75) is 58.5 Å². The number of carbonyl (C=O) groups is 3. The largest absolute Gasteiger partial charge is 0.413 e. The number of nitrogens with zero attached hydrogens (tertiary/aromatic N) is 3. The molecule has 0 atom stereocenters. The van der Waals surface area contributed by atoms with Crippen LogP contribution in [0.4, 0.5) is 10.5 Å². The number of benzene rings is 2. The van der Waals surface area contributed by atoms with Gasteiger partial charge in [0, 0.05) is 53.4 Å². The predicted molar refractivity (Wildman–Crippen MR) is 168 cm³/mol. The fourth-order valence-corrected chi connectivity index (χ4v) is 5.73. The average molecular weight is 598 g/mol. The van der Waals surface area contributed by atoms with E-state index in [1.165, 1.54) is 6.33 Å². The summed E-state index contributed by atoms with van der Waals surface area (Å²) in [6, 6.07) is 15.1. The lowest BCUT2D eigenvalue weighted by molar-refractivity contribution is -0.116. The normalized spacial score (nSPS) is 12.6. The lowest BCUT2D eigenvalue weighted by Gasteiger charge is -2.21. The van der Waals surface area contributed by atoms with Crippen molar-refractivity contribution in [3.63, 3.8) is 0 Å². The van der Waals surface area contributed by atoms with Crippen LogP contribution in [0.2, 0.25) is 0 Å². The summed E-state index contributed by atoms with van der Waals surface area (Å²) in [5.74, 6) is 0.146. The minimum Gasteiger partial charge on any atom is -0.408 e. The number of carbonyl (C=O) groups excluding carboxylic acids is 3. The molecule has 10 heteroatoms. The molecule has 0 spiro atoms. The number of ether oxygens (including phenoxy) is 1. The van der Waals surface area contributed by atoms with Crippen LogP contribution in [-0.2, 0) is 11.3 Å². The standard InChI is InChI=1S/C33H35N5O4S/c1-33(2,3)37-32(41)42-28-14-13-22(29-11-8-16-43-29)17-27(28)36-30(39)12-5-4-6-15-38-20-26-24(23-18-34-21-35-19-23)9-7-10-25(26)31(38)40/h7-11,13-14,16-19,21H,4-6,12,15,20H2,1-3H3,(H,36,39)(H,37,41). The van der Waals surface area contributed by atoms with Gasteiger partial charge in [-0.3, -0.25) is 9.59 Å². The highest BCUT2D eigenvalue weighted by atomic mass is 32.1. The lowest BCUT2D eigenvalue weighted by Crippen LogP contribution is -2.42. The number of amides is 3. The Labute approximate surface area is 255 Å². The quantitative estimate of drug-likeness (QED) is 0.192. The van der Waals surface area contributed by atoms with Crippen LogP contribution in [0.3, 0.4) is 0 Å². The summed E-state index contributed by atoms with van der Waals surface area (Å²) >= 11 is 1.59. The van der Waals surface area contributed by atoms with E-state index in [0.717, 1.165) is 45.5 Å². The van der Waals surface area contributed by atoms with Gasteiger partial charge < -0.3 is 20.3 Å². The molecule has 0 fully saturated rings. The maximum absolute atomic E-state index is 13.0. The summed E-state index contributed by atoms with van der Waals surface area (Å²) < 4.78 is 5.56. The van der Waals surface area contributed by atoms with Gasteiger partial charge in [0.15, 0.2) is 5.75 Å². The first-order valence-corrected chi connectivity index (χ1v) is 15.2. The third-order valence-corrected chi connectivity index (χ3v) is 7.90. The molecule has 0 bridgehead atoms. The van der Waals surface area contributed by atoms with Gasteiger partial charge in [0.25, 0.3) is 5.91 Å². The number of aromatic nitrogens is 2. The number of fused-ring (bicyclic) bond motifs is 1. The molecule has 1 aliphatic heterocycles. The molecule has 4 aromatic rings. The molecule has 222 valence electrons. The van der Waals surface area contributed by atoms with Crippen LogP contribution in [-0.4, -0.2) is 44.9 Å². The first kappa shape index (κ1) is 29.9. The molecule has 9 nitrogen and oxygen atoms in total. The highest BCUT2D eigenvalue weighted by Crippen LogP contribution is 2.34. The topological polar surface area (TPSA) is 114 Å². The Morgan fingerprint density at radius 3 is 2.51 bits per heavy atom. The Morgan fingerprint density at radius 1 is 0.977 bits per heavy atom. The second-order valence-electron chi connectivity index (χ2n) is 11.5. The van der Waals surface area contributed by atoms with Crippen molar-refractivity contribution in [2.75, 3.05) is 11.9 Å². The first-order valence-electron chi connectivity index (χ1n) is 14.3. The average Bonchev–Trinajstić information content (AvgIpc) is 3.62. The van der Waals surface area contributed by atoms with Crippen molar-refractivity contribution in [3.05, 3.63) is 83.8 Å². The molecule has 3 heterocycles. The van der Waals surface area contributed by atoms with E-state index in [1.807, 2.05) is 73.5 Å². The van der Waals surface area contributed by atoms with Gasteiger partial charge in [-0.2, -0.15) is 0 Å². The highest BCUT2D eigenvalue weighted by Gasteiger charge is 2.29. The Bertz CT molecular complexity index is 1600.